The van der Waals surface area contributed by atoms with Crippen molar-refractivity contribution in [1.29, 1.82) is 0 Å². The van der Waals surface area contributed by atoms with Crippen LogP contribution in [0.3, 0.4) is 0 Å². The van der Waals surface area contributed by atoms with E-state index in [1.165, 1.54) is 0 Å². The Balaban J connectivity index is 3.43. The summed E-state index contributed by atoms with van der Waals surface area (Å²) in [7, 11) is 0.630. The Labute approximate surface area is 121 Å². The maximum Gasteiger partial charge on any atom is 0.431 e. The fourth-order valence-corrected chi connectivity index (χ4v) is 2.10. The molecule has 0 fully saturated rings. The fraction of sp³-hybridized carbons (Fsp3) is 0.333. The van der Waals surface area contributed by atoms with Gasteiger partial charge in [-0.25, -0.2) is 13.4 Å². The van der Waals surface area contributed by atoms with E-state index in [1.54, 1.807) is 0 Å². The highest BCUT2D eigenvalue weighted by Crippen LogP contribution is 2.38. The molecule has 0 aliphatic rings. The predicted octanol–water partition coefficient (Wildman–Crippen LogP) is 2.83. The minimum absolute atomic E-state index is 0.516. The van der Waals surface area contributed by atoms with Crippen molar-refractivity contribution in [1.82, 2.24) is 4.98 Å². The first-order valence-corrected chi connectivity index (χ1v) is 7.46. The third-order valence-electron chi connectivity index (χ3n) is 1.93. The molecule has 1 unspecified atom stereocenters. The largest absolute Gasteiger partial charge is 0.446 e. The minimum Gasteiger partial charge on any atom is -0.446 e. The molecule has 5 nitrogen and oxygen atoms in total. The zero-order valence-electron chi connectivity index (χ0n) is 9.61. The lowest BCUT2D eigenvalue weighted by Crippen LogP contribution is -2.27. The summed E-state index contributed by atoms with van der Waals surface area (Å²) >= 11 is 5.54. The van der Waals surface area contributed by atoms with Crippen LogP contribution >= 0.6 is 22.3 Å². The van der Waals surface area contributed by atoms with Crippen molar-refractivity contribution in [2.45, 2.75) is 24.2 Å². The number of carbonyl (C=O) groups is 1. The van der Waals surface area contributed by atoms with Crippen LogP contribution in [0.1, 0.15) is 18.7 Å². The Kier molecular flexibility index (Phi) is 4.88. The second-order valence-corrected chi connectivity index (χ2v) is 6.41. The summed E-state index contributed by atoms with van der Waals surface area (Å²) in [5, 5.41) is -1.35. The molecule has 0 radical (unpaired) electrons. The van der Waals surface area contributed by atoms with E-state index in [2.05, 4.69) is 9.72 Å². The Morgan fingerprint density at radius 3 is 2.35 bits per heavy atom. The summed E-state index contributed by atoms with van der Waals surface area (Å²) in [5.41, 5.74) is -0.962. The lowest BCUT2D eigenvalue weighted by atomic mass is 10.2. The molecule has 1 rings (SSSR count). The minimum atomic E-state index is -5.02. The zero-order chi connectivity index (χ0) is 15.7. The molecule has 1 aromatic heterocycles. The molecule has 0 amide bonds. The van der Waals surface area contributed by atoms with Gasteiger partial charge in [-0.3, -0.25) is 4.79 Å². The molecule has 0 saturated carbocycles. The van der Waals surface area contributed by atoms with E-state index < -0.39 is 43.0 Å². The van der Waals surface area contributed by atoms with Gasteiger partial charge in [-0.15, -0.1) is 0 Å². The number of aromatic nitrogens is 1. The highest BCUT2D eigenvalue weighted by atomic mass is 35.7. The summed E-state index contributed by atoms with van der Waals surface area (Å²) in [5.74, 6) is -1.23. The molecule has 0 bridgehead atoms. The Morgan fingerprint density at radius 1 is 1.40 bits per heavy atom. The molecule has 0 saturated heterocycles. The van der Waals surface area contributed by atoms with Crippen molar-refractivity contribution < 1.29 is 31.1 Å². The van der Waals surface area contributed by atoms with Crippen LogP contribution in [0.5, 0.6) is 0 Å². The zero-order valence-corrected chi connectivity index (χ0v) is 11.9. The number of hydrogen-bond donors (Lipinski definition) is 0. The molecule has 1 atom stereocenters. The Morgan fingerprint density at radius 2 is 1.95 bits per heavy atom. The number of carbonyl (C=O) groups excluding carboxylic acids is 1. The molecule has 0 aromatic carbocycles. The van der Waals surface area contributed by atoms with Gasteiger partial charge >= 0.3 is 12.1 Å². The average molecular weight is 352 g/mol. The number of nitrogens with zero attached hydrogens (tertiary/aromatic N) is 1. The van der Waals surface area contributed by atoms with Crippen molar-refractivity contribution in [2.75, 3.05) is 0 Å². The quantitative estimate of drug-likeness (QED) is 0.618. The van der Waals surface area contributed by atoms with E-state index in [9.17, 15) is 26.4 Å². The summed E-state index contributed by atoms with van der Waals surface area (Å²) in [6.45, 7) is 0.759. The second kappa shape index (κ2) is 5.74. The van der Waals surface area contributed by atoms with Crippen molar-refractivity contribution in [3.05, 3.63) is 22.8 Å². The molecule has 1 heterocycles. The number of halogens is 5. The monoisotopic (exact) mass is 351 g/mol. The van der Waals surface area contributed by atoms with Crippen LogP contribution < -0.4 is 0 Å². The van der Waals surface area contributed by atoms with Gasteiger partial charge in [-0.1, -0.05) is 11.6 Å². The Bertz CT molecular complexity index is 633. The molecule has 0 aliphatic heterocycles. The molecular weight excluding hydrogens is 346 g/mol. The van der Waals surface area contributed by atoms with E-state index in [-0.39, 0.29) is 0 Å². The SMILES string of the molecule is CC(=O)OC(c1nc(S(=O)(=O)Cl)ccc1Cl)C(F)(F)F. The first-order valence-electron chi connectivity index (χ1n) is 4.78. The molecule has 1 aromatic rings. The first kappa shape index (κ1) is 17.0. The van der Waals surface area contributed by atoms with E-state index in [0.717, 1.165) is 19.1 Å². The maximum absolute atomic E-state index is 12.8. The molecule has 0 spiro atoms. The van der Waals surface area contributed by atoms with Gasteiger partial charge in [-0.2, -0.15) is 13.2 Å². The molecule has 0 aliphatic carbocycles. The average Bonchev–Trinajstić information content (AvgIpc) is 2.23. The summed E-state index contributed by atoms with van der Waals surface area (Å²) < 4.78 is 64.7. The molecule has 11 heteroatoms. The van der Waals surface area contributed by atoms with Gasteiger partial charge in [0, 0.05) is 17.6 Å². The number of esters is 1. The molecule has 20 heavy (non-hydrogen) atoms. The second-order valence-electron chi connectivity index (χ2n) is 3.49. The van der Waals surface area contributed by atoms with Crippen LogP contribution in [0, 0.1) is 0 Å². The molecule has 0 N–H and O–H groups in total. The van der Waals surface area contributed by atoms with Crippen LogP contribution in [0.25, 0.3) is 0 Å². The van der Waals surface area contributed by atoms with E-state index in [4.69, 9.17) is 22.3 Å². The van der Waals surface area contributed by atoms with Crippen molar-refractivity contribution in [3.63, 3.8) is 0 Å². The maximum atomic E-state index is 12.8. The predicted molar refractivity (Wildman–Crippen MR) is 62.8 cm³/mol. The number of pyridine rings is 1. The number of rotatable bonds is 3. The van der Waals surface area contributed by atoms with Gasteiger partial charge in [0.1, 0.15) is 5.69 Å². The highest BCUT2D eigenvalue weighted by molar-refractivity contribution is 8.13. The standard InChI is InChI=1S/C9H6Cl2F3NO4S/c1-4(16)19-8(9(12,13)14)7-5(10)2-3-6(15-7)20(11,17)18/h2-3,8H,1H3. The third kappa shape index (κ3) is 4.22. The number of ether oxygens (including phenoxy) is 1. The molecular formula is C9H6Cl2F3NO4S. The molecule has 112 valence electrons. The van der Waals surface area contributed by atoms with Crippen molar-refractivity contribution in [2.24, 2.45) is 0 Å². The third-order valence-corrected chi connectivity index (χ3v) is 3.45. The van der Waals surface area contributed by atoms with Crippen LogP contribution in [0.15, 0.2) is 17.2 Å². The fourth-order valence-electron chi connectivity index (χ4n) is 1.20. The van der Waals surface area contributed by atoms with Gasteiger partial charge in [0.15, 0.2) is 5.03 Å². The first-order chi connectivity index (χ1) is 8.93. The van der Waals surface area contributed by atoms with Crippen LogP contribution in [-0.4, -0.2) is 25.5 Å². The van der Waals surface area contributed by atoms with Crippen molar-refractivity contribution >= 4 is 37.3 Å². The summed E-state index contributed by atoms with van der Waals surface area (Å²) in [4.78, 5) is 13.9. The van der Waals surface area contributed by atoms with Gasteiger partial charge in [0.05, 0.1) is 5.02 Å². The van der Waals surface area contributed by atoms with Crippen LogP contribution in [0.4, 0.5) is 13.2 Å². The van der Waals surface area contributed by atoms with Crippen LogP contribution in [-0.2, 0) is 18.6 Å². The summed E-state index contributed by atoms with van der Waals surface area (Å²) in [6.07, 6.45) is -7.80. The normalized spacial score (nSPS) is 13.9. The smallest absolute Gasteiger partial charge is 0.431 e. The van der Waals surface area contributed by atoms with Crippen LogP contribution in [0.2, 0.25) is 5.02 Å². The van der Waals surface area contributed by atoms with Crippen molar-refractivity contribution in [3.8, 4) is 0 Å². The number of alkyl halides is 3. The van der Waals surface area contributed by atoms with Gasteiger partial charge in [0.2, 0.25) is 6.10 Å². The lowest BCUT2D eigenvalue weighted by Gasteiger charge is -2.20. The Hall–Kier alpha value is -1.06. The van der Waals surface area contributed by atoms with Gasteiger partial charge in [0.25, 0.3) is 9.05 Å². The van der Waals surface area contributed by atoms with E-state index in [1.807, 2.05) is 0 Å². The summed E-state index contributed by atoms with van der Waals surface area (Å²) in [6, 6.07) is 1.69. The topological polar surface area (TPSA) is 73.3 Å². The highest BCUT2D eigenvalue weighted by Gasteiger charge is 2.46. The van der Waals surface area contributed by atoms with Gasteiger partial charge in [-0.05, 0) is 12.1 Å². The van der Waals surface area contributed by atoms with Gasteiger partial charge < -0.3 is 4.74 Å². The van der Waals surface area contributed by atoms with E-state index in [0.29, 0.717) is 0 Å². The van der Waals surface area contributed by atoms with E-state index >= 15 is 0 Å². The number of hydrogen-bond acceptors (Lipinski definition) is 5. The lowest BCUT2D eigenvalue weighted by molar-refractivity contribution is -0.224.